The van der Waals surface area contributed by atoms with E-state index in [1.165, 1.54) is 27.3 Å². The van der Waals surface area contributed by atoms with E-state index in [-0.39, 0.29) is 30.4 Å². The Hall–Kier alpha value is -2.44. The normalized spacial score (nSPS) is 15.9. The third kappa shape index (κ3) is 4.07. The summed E-state index contributed by atoms with van der Waals surface area (Å²) in [5.41, 5.74) is 3.53. The van der Waals surface area contributed by atoms with Crippen molar-refractivity contribution in [2.75, 3.05) is 13.1 Å². The summed E-state index contributed by atoms with van der Waals surface area (Å²) < 4.78 is 0. The topological polar surface area (TPSA) is 40.6 Å². The predicted molar refractivity (Wildman–Crippen MR) is 123 cm³/mol. The summed E-state index contributed by atoms with van der Waals surface area (Å²) in [6.07, 6.45) is 0.863. The van der Waals surface area contributed by atoms with Crippen LogP contribution >= 0.6 is 22.7 Å². The van der Waals surface area contributed by atoms with E-state index in [2.05, 4.69) is 42.6 Å². The lowest BCUT2D eigenvalue weighted by molar-refractivity contribution is -0.134. The molecule has 1 aromatic carbocycles. The summed E-state index contributed by atoms with van der Waals surface area (Å²) in [6, 6.07) is 14.1. The Kier molecular flexibility index (Phi) is 6.06. The molecule has 4 rings (SSSR count). The van der Waals surface area contributed by atoms with Crippen molar-refractivity contribution in [3.63, 3.8) is 0 Å². The summed E-state index contributed by atoms with van der Waals surface area (Å²) in [4.78, 5) is 32.1. The minimum absolute atomic E-state index is 0.00367. The fraction of sp³-hybridized carbons (Fsp3) is 0.333. The summed E-state index contributed by atoms with van der Waals surface area (Å²) in [5, 5.41) is 4.00. The van der Waals surface area contributed by atoms with E-state index in [9.17, 15) is 9.59 Å². The Morgan fingerprint density at radius 2 is 1.87 bits per heavy atom. The van der Waals surface area contributed by atoms with Crippen molar-refractivity contribution in [1.82, 2.24) is 9.80 Å². The van der Waals surface area contributed by atoms with Crippen LogP contribution in [0.25, 0.3) is 0 Å². The first-order valence-electron chi connectivity index (χ1n) is 10.2. The van der Waals surface area contributed by atoms with Gasteiger partial charge in [-0.3, -0.25) is 9.59 Å². The molecule has 30 heavy (non-hydrogen) atoms. The highest BCUT2D eigenvalue weighted by Crippen LogP contribution is 2.38. The number of carbonyl (C=O) groups excluding carboxylic acids is 2. The average Bonchev–Trinajstić information content (AvgIpc) is 3.43. The number of hydrogen-bond acceptors (Lipinski definition) is 4. The number of thiophene rings is 2. The van der Waals surface area contributed by atoms with Gasteiger partial charge in [0.15, 0.2) is 0 Å². The van der Waals surface area contributed by atoms with Crippen molar-refractivity contribution in [3.05, 3.63) is 79.7 Å². The fourth-order valence-electron chi connectivity index (χ4n) is 3.96. The lowest BCUT2D eigenvalue weighted by Crippen LogP contribution is -2.48. The second-order valence-corrected chi connectivity index (χ2v) is 9.90. The number of benzene rings is 1. The first-order valence-corrected chi connectivity index (χ1v) is 12.0. The molecule has 1 aliphatic rings. The van der Waals surface area contributed by atoms with Crippen molar-refractivity contribution in [2.24, 2.45) is 0 Å². The molecule has 2 aromatic heterocycles. The Balaban J connectivity index is 1.63. The van der Waals surface area contributed by atoms with Gasteiger partial charge in [0.2, 0.25) is 5.91 Å². The first-order chi connectivity index (χ1) is 14.5. The van der Waals surface area contributed by atoms with E-state index >= 15 is 0 Å². The smallest absolute Gasteiger partial charge is 0.264 e. The van der Waals surface area contributed by atoms with Crippen LogP contribution in [-0.4, -0.2) is 40.7 Å². The molecule has 1 aliphatic heterocycles. The molecule has 1 unspecified atom stereocenters. The van der Waals surface area contributed by atoms with E-state index in [1.807, 2.05) is 36.3 Å². The molecule has 0 fully saturated rings. The molecule has 0 aliphatic carbocycles. The minimum Gasteiger partial charge on any atom is -0.330 e. The quantitative estimate of drug-likeness (QED) is 0.553. The molecule has 1 atom stereocenters. The zero-order valence-corrected chi connectivity index (χ0v) is 19.1. The molecule has 0 N–H and O–H groups in total. The molecule has 0 bridgehead atoms. The maximum Gasteiger partial charge on any atom is 0.264 e. The van der Waals surface area contributed by atoms with Gasteiger partial charge in [-0.25, -0.2) is 0 Å². The van der Waals surface area contributed by atoms with Crippen LogP contribution in [0.15, 0.2) is 53.2 Å². The molecule has 0 radical (unpaired) electrons. The summed E-state index contributed by atoms with van der Waals surface area (Å²) >= 11 is 3.18. The highest BCUT2D eigenvalue weighted by Gasteiger charge is 2.34. The highest BCUT2D eigenvalue weighted by atomic mass is 32.1. The number of fused-ring (bicyclic) bond motifs is 1. The van der Waals surface area contributed by atoms with Crippen LogP contribution < -0.4 is 0 Å². The number of aryl methyl sites for hydroxylation is 1. The molecule has 2 amide bonds. The van der Waals surface area contributed by atoms with Crippen LogP contribution in [0.3, 0.4) is 0 Å². The second-order valence-electron chi connectivity index (χ2n) is 7.95. The Morgan fingerprint density at radius 3 is 2.53 bits per heavy atom. The summed E-state index contributed by atoms with van der Waals surface area (Å²) in [5.74, 6) is -0.0792. The Labute approximate surface area is 185 Å². The highest BCUT2D eigenvalue weighted by molar-refractivity contribution is 7.12. The first kappa shape index (κ1) is 20.8. The predicted octanol–water partition coefficient (Wildman–Crippen LogP) is 5.14. The van der Waals surface area contributed by atoms with Gasteiger partial charge in [0, 0.05) is 17.5 Å². The van der Waals surface area contributed by atoms with Crippen LogP contribution in [0.2, 0.25) is 0 Å². The van der Waals surface area contributed by atoms with Crippen molar-refractivity contribution >= 4 is 34.5 Å². The molecule has 0 saturated heterocycles. The van der Waals surface area contributed by atoms with Gasteiger partial charge in [-0.1, -0.05) is 35.9 Å². The number of carbonyl (C=O) groups is 2. The molecule has 6 heteroatoms. The van der Waals surface area contributed by atoms with Gasteiger partial charge in [-0.15, -0.1) is 22.7 Å². The van der Waals surface area contributed by atoms with Gasteiger partial charge in [-0.2, -0.15) is 0 Å². The van der Waals surface area contributed by atoms with Gasteiger partial charge < -0.3 is 9.80 Å². The average molecular weight is 439 g/mol. The summed E-state index contributed by atoms with van der Waals surface area (Å²) in [7, 11) is 0. The molecular weight excluding hydrogens is 412 g/mol. The monoisotopic (exact) mass is 438 g/mol. The number of hydrogen-bond donors (Lipinski definition) is 0. The molecule has 0 spiro atoms. The number of nitrogens with zero attached hydrogens (tertiary/aromatic N) is 2. The molecule has 3 heterocycles. The fourth-order valence-corrected chi connectivity index (χ4v) is 5.54. The zero-order chi connectivity index (χ0) is 21.3. The second kappa shape index (κ2) is 8.74. The molecule has 4 nitrogen and oxygen atoms in total. The van der Waals surface area contributed by atoms with Gasteiger partial charge in [-0.05, 0) is 61.2 Å². The maximum absolute atomic E-state index is 13.5. The molecule has 3 aromatic rings. The number of amides is 2. The van der Waals surface area contributed by atoms with E-state index < -0.39 is 0 Å². The summed E-state index contributed by atoms with van der Waals surface area (Å²) in [6.45, 7) is 6.76. The SMILES string of the molecule is Cc1ccc(C2c3ccsc3CCN2C(=O)CN(C(=O)c2cccs2)C(C)C)cc1. The van der Waals surface area contributed by atoms with E-state index in [0.717, 1.165) is 12.0 Å². The number of rotatable bonds is 5. The maximum atomic E-state index is 13.5. The van der Waals surface area contributed by atoms with E-state index in [0.29, 0.717) is 11.4 Å². The van der Waals surface area contributed by atoms with Gasteiger partial charge in [0.25, 0.3) is 5.91 Å². The van der Waals surface area contributed by atoms with Crippen LogP contribution in [-0.2, 0) is 11.2 Å². The third-order valence-electron chi connectivity index (χ3n) is 5.60. The molecule has 0 saturated carbocycles. The van der Waals surface area contributed by atoms with Crippen LogP contribution in [0.4, 0.5) is 0 Å². The third-order valence-corrected chi connectivity index (χ3v) is 7.46. The Morgan fingerprint density at radius 1 is 1.10 bits per heavy atom. The minimum atomic E-state index is -0.0982. The lowest BCUT2D eigenvalue weighted by Gasteiger charge is -2.38. The standard InChI is InChI=1S/C24H26N2O2S2/c1-16(2)26(24(28)21-5-4-13-29-21)15-22(27)25-12-10-20-19(11-14-30-20)23(25)18-8-6-17(3)7-9-18/h4-9,11,13-14,16,23H,10,12,15H2,1-3H3. The lowest BCUT2D eigenvalue weighted by atomic mass is 9.92. The largest absolute Gasteiger partial charge is 0.330 e. The van der Waals surface area contributed by atoms with E-state index in [4.69, 9.17) is 0 Å². The molecule has 156 valence electrons. The van der Waals surface area contributed by atoms with Crippen LogP contribution in [0.1, 0.15) is 51.1 Å². The van der Waals surface area contributed by atoms with Crippen LogP contribution in [0, 0.1) is 6.92 Å². The van der Waals surface area contributed by atoms with Crippen molar-refractivity contribution < 1.29 is 9.59 Å². The van der Waals surface area contributed by atoms with Crippen molar-refractivity contribution in [2.45, 2.75) is 39.3 Å². The van der Waals surface area contributed by atoms with Crippen molar-refractivity contribution in [3.8, 4) is 0 Å². The van der Waals surface area contributed by atoms with Crippen molar-refractivity contribution in [1.29, 1.82) is 0 Å². The molecular formula is C24H26N2O2S2. The Bertz CT molecular complexity index is 1020. The van der Waals surface area contributed by atoms with Crippen LogP contribution in [0.5, 0.6) is 0 Å². The van der Waals surface area contributed by atoms with Gasteiger partial charge in [0.1, 0.15) is 6.54 Å². The van der Waals surface area contributed by atoms with Gasteiger partial charge >= 0.3 is 0 Å². The van der Waals surface area contributed by atoms with E-state index in [1.54, 1.807) is 16.2 Å². The van der Waals surface area contributed by atoms with Gasteiger partial charge in [0.05, 0.1) is 10.9 Å². The zero-order valence-electron chi connectivity index (χ0n) is 17.5.